The quantitative estimate of drug-likeness (QED) is 0.775. The monoisotopic (exact) mass is 226 g/mol. The molecular weight excluding hydrogens is 196 g/mol. The molecule has 1 atom stereocenters. The summed E-state index contributed by atoms with van der Waals surface area (Å²) in [6, 6.07) is 0.680. The molecule has 1 unspecified atom stereocenters. The summed E-state index contributed by atoms with van der Waals surface area (Å²) < 4.78 is 0. The Morgan fingerprint density at radius 3 is 2.38 bits per heavy atom. The molecule has 1 N–H and O–H groups in total. The van der Waals surface area contributed by atoms with Gasteiger partial charge >= 0.3 is 0 Å². The van der Waals surface area contributed by atoms with E-state index in [2.05, 4.69) is 45.0 Å². The Kier molecular flexibility index (Phi) is 5.26. The van der Waals surface area contributed by atoms with Crippen LogP contribution in [0.5, 0.6) is 0 Å². The fourth-order valence-corrected chi connectivity index (χ4v) is 2.26. The summed E-state index contributed by atoms with van der Waals surface area (Å²) in [4.78, 5) is 2.44. The lowest BCUT2D eigenvalue weighted by Crippen LogP contribution is -2.43. The molecule has 1 aliphatic rings. The molecule has 0 amide bonds. The van der Waals surface area contributed by atoms with Crippen LogP contribution in [0.1, 0.15) is 47.0 Å². The average Bonchev–Trinajstić information content (AvgIpc) is 2.27. The predicted molar refractivity (Wildman–Crippen MR) is 71.8 cm³/mol. The Balaban J connectivity index is 2.27. The zero-order chi connectivity index (χ0) is 12.2. The van der Waals surface area contributed by atoms with Crippen molar-refractivity contribution < 1.29 is 0 Å². The van der Waals surface area contributed by atoms with Gasteiger partial charge in [-0.3, -0.25) is 0 Å². The second-order valence-corrected chi connectivity index (χ2v) is 6.33. The molecule has 0 bridgehead atoms. The summed E-state index contributed by atoms with van der Waals surface area (Å²) in [5.74, 6) is 0.879. The van der Waals surface area contributed by atoms with Gasteiger partial charge in [0.05, 0.1) is 0 Å². The second-order valence-electron chi connectivity index (χ2n) is 6.33. The molecule has 2 heteroatoms. The molecule has 0 aromatic carbocycles. The van der Waals surface area contributed by atoms with E-state index in [4.69, 9.17) is 0 Å². The van der Waals surface area contributed by atoms with Crippen LogP contribution in [0.15, 0.2) is 0 Å². The molecule has 0 aromatic rings. The topological polar surface area (TPSA) is 15.3 Å². The number of likely N-dealkylation sites (tertiary alicyclic amines) is 1. The van der Waals surface area contributed by atoms with Gasteiger partial charge in [-0.1, -0.05) is 20.8 Å². The Hall–Kier alpha value is -0.0800. The maximum absolute atomic E-state index is 3.74. The van der Waals surface area contributed by atoms with Crippen molar-refractivity contribution in [2.45, 2.75) is 53.0 Å². The molecule has 1 saturated heterocycles. The second kappa shape index (κ2) is 6.02. The zero-order valence-corrected chi connectivity index (χ0v) is 11.8. The molecule has 0 saturated carbocycles. The van der Waals surface area contributed by atoms with Gasteiger partial charge in [0.15, 0.2) is 0 Å². The van der Waals surface area contributed by atoms with Crippen molar-refractivity contribution in [1.29, 1.82) is 0 Å². The third-order valence-corrected chi connectivity index (χ3v) is 4.33. The first-order chi connectivity index (χ1) is 7.44. The van der Waals surface area contributed by atoms with Crippen LogP contribution in [-0.4, -0.2) is 37.6 Å². The standard InChI is InChI=1S/C14H30N2/c1-6-14(3,4)11-15-12(2)13-7-9-16(5)10-8-13/h12-13,15H,6-11H2,1-5H3. The molecule has 2 nitrogen and oxygen atoms in total. The Labute approximate surface area is 102 Å². The normalized spacial score (nSPS) is 22.3. The smallest absolute Gasteiger partial charge is 0.00681 e. The lowest BCUT2D eigenvalue weighted by molar-refractivity contribution is 0.180. The van der Waals surface area contributed by atoms with E-state index in [9.17, 15) is 0 Å². The van der Waals surface area contributed by atoms with E-state index in [1.54, 1.807) is 0 Å². The van der Waals surface area contributed by atoms with Crippen LogP contribution in [-0.2, 0) is 0 Å². The summed E-state index contributed by atoms with van der Waals surface area (Å²) in [5.41, 5.74) is 0.444. The van der Waals surface area contributed by atoms with Gasteiger partial charge in [0.25, 0.3) is 0 Å². The van der Waals surface area contributed by atoms with Crippen molar-refractivity contribution in [2.24, 2.45) is 11.3 Å². The summed E-state index contributed by atoms with van der Waals surface area (Å²) in [7, 11) is 2.23. The van der Waals surface area contributed by atoms with Crippen LogP contribution in [0, 0.1) is 11.3 Å². The van der Waals surface area contributed by atoms with Gasteiger partial charge in [0.2, 0.25) is 0 Å². The largest absolute Gasteiger partial charge is 0.313 e. The van der Waals surface area contributed by atoms with Crippen LogP contribution in [0.25, 0.3) is 0 Å². The molecule has 96 valence electrons. The molecule has 0 radical (unpaired) electrons. The van der Waals surface area contributed by atoms with E-state index in [-0.39, 0.29) is 0 Å². The lowest BCUT2D eigenvalue weighted by atomic mass is 9.87. The highest BCUT2D eigenvalue weighted by Gasteiger charge is 2.23. The molecule has 1 fully saturated rings. The highest BCUT2D eigenvalue weighted by molar-refractivity contribution is 4.80. The van der Waals surface area contributed by atoms with E-state index in [0.29, 0.717) is 11.5 Å². The van der Waals surface area contributed by atoms with Gasteiger partial charge in [-0.25, -0.2) is 0 Å². The minimum atomic E-state index is 0.444. The summed E-state index contributed by atoms with van der Waals surface area (Å²) >= 11 is 0. The Morgan fingerprint density at radius 2 is 1.88 bits per heavy atom. The van der Waals surface area contributed by atoms with Crippen molar-refractivity contribution in [1.82, 2.24) is 10.2 Å². The zero-order valence-electron chi connectivity index (χ0n) is 11.8. The highest BCUT2D eigenvalue weighted by Crippen LogP contribution is 2.22. The first kappa shape index (κ1) is 14.0. The van der Waals surface area contributed by atoms with Crippen molar-refractivity contribution in [3.63, 3.8) is 0 Å². The Bertz CT molecular complexity index is 193. The highest BCUT2D eigenvalue weighted by atomic mass is 15.1. The van der Waals surface area contributed by atoms with E-state index in [1.807, 2.05) is 0 Å². The van der Waals surface area contributed by atoms with Gasteiger partial charge in [0, 0.05) is 12.6 Å². The molecule has 0 aromatic heterocycles. The van der Waals surface area contributed by atoms with E-state index in [1.165, 1.54) is 32.4 Å². The number of nitrogens with zero attached hydrogens (tertiary/aromatic N) is 1. The van der Waals surface area contributed by atoms with Crippen LogP contribution in [0.4, 0.5) is 0 Å². The minimum absolute atomic E-state index is 0.444. The first-order valence-electron chi connectivity index (χ1n) is 6.86. The third-order valence-electron chi connectivity index (χ3n) is 4.33. The summed E-state index contributed by atoms with van der Waals surface area (Å²) in [6.07, 6.45) is 3.97. The molecule has 1 rings (SSSR count). The third kappa shape index (κ3) is 4.42. The molecule has 1 aliphatic heterocycles. The van der Waals surface area contributed by atoms with Crippen molar-refractivity contribution in [2.75, 3.05) is 26.7 Å². The number of piperidine rings is 1. The van der Waals surface area contributed by atoms with Gasteiger partial charge in [0.1, 0.15) is 0 Å². The molecule has 16 heavy (non-hydrogen) atoms. The number of hydrogen-bond acceptors (Lipinski definition) is 2. The maximum Gasteiger partial charge on any atom is 0.00681 e. The van der Waals surface area contributed by atoms with E-state index in [0.717, 1.165) is 12.5 Å². The predicted octanol–water partition coefficient (Wildman–Crippen LogP) is 2.74. The molecular formula is C14H30N2. The van der Waals surface area contributed by atoms with Crippen LogP contribution < -0.4 is 5.32 Å². The molecule has 0 aliphatic carbocycles. The van der Waals surface area contributed by atoms with Gasteiger partial charge in [-0.15, -0.1) is 0 Å². The van der Waals surface area contributed by atoms with E-state index < -0.39 is 0 Å². The van der Waals surface area contributed by atoms with Crippen LogP contribution >= 0.6 is 0 Å². The number of hydrogen-bond donors (Lipinski definition) is 1. The first-order valence-corrected chi connectivity index (χ1v) is 6.86. The van der Waals surface area contributed by atoms with Gasteiger partial charge in [-0.2, -0.15) is 0 Å². The SMILES string of the molecule is CCC(C)(C)CNC(C)C1CCN(C)CC1. The van der Waals surface area contributed by atoms with E-state index >= 15 is 0 Å². The van der Waals surface area contributed by atoms with Crippen molar-refractivity contribution in [3.8, 4) is 0 Å². The summed E-state index contributed by atoms with van der Waals surface area (Å²) in [6.45, 7) is 13.0. The van der Waals surface area contributed by atoms with Crippen LogP contribution in [0.3, 0.4) is 0 Å². The average molecular weight is 226 g/mol. The van der Waals surface area contributed by atoms with Gasteiger partial charge in [-0.05, 0) is 57.7 Å². The lowest BCUT2D eigenvalue weighted by Gasteiger charge is -2.35. The number of nitrogens with one attached hydrogen (secondary N) is 1. The van der Waals surface area contributed by atoms with Gasteiger partial charge < -0.3 is 10.2 Å². The number of rotatable bonds is 5. The maximum atomic E-state index is 3.74. The van der Waals surface area contributed by atoms with Crippen molar-refractivity contribution in [3.05, 3.63) is 0 Å². The van der Waals surface area contributed by atoms with Crippen LogP contribution in [0.2, 0.25) is 0 Å². The molecule has 0 spiro atoms. The fraction of sp³-hybridized carbons (Fsp3) is 1.00. The Morgan fingerprint density at radius 1 is 1.31 bits per heavy atom. The summed E-state index contributed by atoms with van der Waals surface area (Å²) in [5, 5.41) is 3.74. The molecule has 1 heterocycles. The fourth-order valence-electron chi connectivity index (χ4n) is 2.26. The minimum Gasteiger partial charge on any atom is -0.313 e. The van der Waals surface area contributed by atoms with Crippen molar-refractivity contribution >= 4 is 0 Å².